The van der Waals surface area contributed by atoms with Crippen molar-refractivity contribution in [3.05, 3.63) is 88.1 Å². The number of hydrogen-bond acceptors (Lipinski definition) is 3. The van der Waals surface area contributed by atoms with Crippen LogP contribution in [0.5, 0.6) is 0 Å². The number of halogens is 1. The van der Waals surface area contributed by atoms with Gasteiger partial charge in [-0.25, -0.2) is 0 Å². The van der Waals surface area contributed by atoms with Crippen molar-refractivity contribution in [1.82, 2.24) is 19.9 Å². The van der Waals surface area contributed by atoms with Gasteiger partial charge in [-0.15, -0.1) is 10.2 Å². The summed E-state index contributed by atoms with van der Waals surface area (Å²) < 4.78 is 1.82. The van der Waals surface area contributed by atoms with Gasteiger partial charge >= 0.3 is 0 Å². The number of carbonyl (C=O) groups excluding carboxylic acids is 1. The van der Waals surface area contributed by atoms with Crippen LogP contribution in [0.3, 0.4) is 0 Å². The van der Waals surface area contributed by atoms with E-state index in [9.17, 15) is 4.79 Å². The van der Waals surface area contributed by atoms with Crippen molar-refractivity contribution >= 4 is 23.2 Å². The average Bonchev–Trinajstić information content (AvgIpc) is 3.13. The van der Waals surface area contributed by atoms with Crippen molar-refractivity contribution in [1.29, 1.82) is 0 Å². The van der Waals surface area contributed by atoms with Crippen molar-refractivity contribution < 1.29 is 4.79 Å². The van der Waals surface area contributed by atoms with E-state index in [0.717, 1.165) is 11.1 Å². The van der Waals surface area contributed by atoms with Gasteiger partial charge < -0.3 is 5.32 Å². The number of pyridine rings is 1. The highest BCUT2D eigenvalue weighted by Crippen LogP contribution is 2.26. The van der Waals surface area contributed by atoms with Gasteiger partial charge in [-0.1, -0.05) is 41.9 Å². The van der Waals surface area contributed by atoms with Gasteiger partial charge in [-0.3, -0.25) is 9.20 Å². The first kappa shape index (κ1) is 19.2. The summed E-state index contributed by atoms with van der Waals surface area (Å²) in [6.07, 6.45) is 1.80. The van der Waals surface area contributed by atoms with Crippen molar-refractivity contribution in [3.8, 4) is 11.4 Å². The zero-order valence-electron chi connectivity index (χ0n) is 16.5. The first-order valence-corrected chi connectivity index (χ1v) is 9.79. The molecule has 146 valence electrons. The first-order chi connectivity index (χ1) is 13.9. The second kappa shape index (κ2) is 7.68. The van der Waals surface area contributed by atoms with Crippen molar-refractivity contribution in [2.75, 3.05) is 0 Å². The molecule has 1 amide bonds. The third kappa shape index (κ3) is 3.74. The lowest BCUT2D eigenvalue weighted by molar-refractivity contribution is 0.0940. The number of fused-ring (bicyclic) bond motifs is 1. The van der Waals surface area contributed by atoms with Gasteiger partial charge in [-0.05, 0) is 61.7 Å². The van der Waals surface area contributed by atoms with E-state index in [4.69, 9.17) is 11.6 Å². The van der Waals surface area contributed by atoms with Crippen LogP contribution >= 0.6 is 11.6 Å². The van der Waals surface area contributed by atoms with Crippen LogP contribution in [0, 0.1) is 13.8 Å². The van der Waals surface area contributed by atoms with Crippen LogP contribution in [-0.4, -0.2) is 20.5 Å². The smallest absolute Gasteiger partial charge is 0.251 e. The number of nitrogens with one attached hydrogen (secondary N) is 1. The molecule has 0 fully saturated rings. The topological polar surface area (TPSA) is 59.3 Å². The summed E-state index contributed by atoms with van der Waals surface area (Å²) in [5, 5.41) is 12.1. The zero-order valence-corrected chi connectivity index (χ0v) is 17.2. The molecule has 1 atom stereocenters. The molecule has 2 aromatic heterocycles. The summed E-state index contributed by atoms with van der Waals surface area (Å²) >= 11 is 6.29. The van der Waals surface area contributed by atoms with E-state index in [2.05, 4.69) is 41.5 Å². The summed E-state index contributed by atoms with van der Waals surface area (Å²) in [5.41, 5.74) is 5.44. The van der Waals surface area contributed by atoms with Gasteiger partial charge in [0.25, 0.3) is 5.91 Å². The van der Waals surface area contributed by atoms with Gasteiger partial charge in [0.05, 0.1) is 11.1 Å². The van der Waals surface area contributed by atoms with Gasteiger partial charge in [0, 0.05) is 17.3 Å². The Morgan fingerprint density at radius 2 is 1.83 bits per heavy atom. The third-order valence-electron chi connectivity index (χ3n) is 5.17. The quantitative estimate of drug-likeness (QED) is 0.511. The zero-order chi connectivity index (χ0) is 20.5. The van der Waals surface area contributed by atoms with Crippen LogP contribution in [0.15, 0.2) is 60.8 Å². The van der Waals surface area contributed by atoms with E-state index in [-0.39, 0.29) is 11.9 Å². The lowest BCUT2D eigenvalue weighted by Crippen LogP contribution is -2.26. The Morgan fingerprint density at radius 3 is 2.59 bits per heavy atom. The summed E-state index contributed by atoms with van der Waals surface area (Å²) in [6.45, 7) is 6.13. The summed E-state index contributed by atoms with van der Waals surface area (Å²) in [4.78, 5) is 12.8. The van der Waals surface area contributed by atoms with E-state index in [1.807, 2.05) is 41.7 Å². The number of carbonyl (C=O) groups is 1. The van der Waals surface area contributed by atoms with E-state index in [0.29, 0.717) is 22.1 Å². The monoisotopic (exact) mass is 404 g/mol. The molecule has 2 heterocycles. The maximum Gasteiger partial charge on any atom is 0.251 e. The Kier molecular flexibility index (Phi) is 5.07. The van der Waals surface area contributed by atoms with Gasteiger partial charge in [-0.2, -0.15) is 0 Å². The predicted molar refractivity (Wildman–Crippen MR) is 115 cm³/mol. The van der Waals surface area contributed by atoms with E-state index < -0.39 is 0 Å². The number of hydrogen-bond donors (Lipinski definition) is 1. The Balaban J connectivity index is 1.59. The number of rotatable bonds is 4. The fraction of sp³-hybridized carbons (Fsp3) is 0.174. The number of aryl methyl sites for hydroxylation is 2. The fourth-order valence-corrected chi connectivity index (χ4v) is 3.48. The molecule has 4 aromatic rings. The molecule has 1 N–H and O–H groups in total. The molecular formula is C23H21ClN4O. The van der Waals surface area contributed by atoms with Crippen LogP contribution in [0.25, 0.3) is 17.0 Å². The van der Waals surface area contributed by atoms with Crippen molar-refractivity contribution in [2.24, 2.45) is 0 Å². The number of aromatic nitrogens is 3. The first-order valence-electron chi connectivity index (χ1n) is 9.42. The molecule has 29 heavy (non-hydrogen) atoms. The molecule has 0 aliphatic rings. The molecule has 0 bridgehead atoms. The Morgan fingerprint density at radius 1 is 1.03 bits per heavy atom. The summed E-state index contributed by atoms with van der Waals surface area (Å²) in [6, 6.07) is 17.1. The molecule has 0 saturated carbocycles. The van der Waals surface area contributed by atoms with E-state index >= 15 is 0 Å². The van der Waals surface area contributed by atoms with Gasteiger partial charge in [0.1, 0.15) is 0 Å². The fourth-order valence-electron chi connectivity index (χ4n) is 3.26. The SMILES string of the molecule is Cc1ccc([C@H](C)NC(=O)c2ccn3c(-c4ccccc4Cl)nnc3c2)cc1C. The van der Waals surface area contributed by atoms with Crippen LogP contribution < -0.4 is 5.32 Å². The molecule has 6 heteroatoms. The molecule has 4 rings (SSSR count). The van der Waals surface area contributed by atoms with Gasteiger partial charge in [0.2, 0.25) is 0 Å². The lowest BCUT2D eigenvalue weighted by atomic mass is 10.0. The standard InChI is InChI=1S/C23H21ClN4O/c1-14-8-9-17(12-15(14)2)16(3)25-23(29)18-10-11-28-21(13-18)26-27-22(28)19-6-4-5-7-20(19)24/h4-13,16H,1-3H3,(H,25,29)/t16-/m0/s1. The third-order valence-corrected chi connectivity index (χ3v) is 5.50. The predicted octanol–water partition coefficient (Wildman–Crippen LogP) is 5.16. The van der Waals surface area contributed by atoms with Crippen molar-refractivity contribution in [3.63, 3.8) is 0 Å². The van der Waals surface area contributed by atoms with Crippen LogP contribution in [0.2, 0.25) is 5.02 Å². The highest BCUT2D eigenvalue weighted by Gasteiger charge is 2.15. The van der Waals surface area contributed by atoms with E-state index in [1.54, 1.807) is 18.3 Å². The van der Waals surface area contributed by atoms with Crippen LogP contribution in [0.1, 0.15) is 40.0 Å². The highest BCUT2D eigenvalue weighted by atomic mass is 35.5. The van der Waals surface area contributed by atoms with Crippen molar-refractivity contribution in [2.45, 2.75) is 26.8 Å². The normalized spacial score (nSPS) is 12.1. The molecule has 0 radical (unpaired) electrons. The Labute approximate surface area is 174 Å². The largest absolute Gasteiger partial charge is 0.346 e. The van der Waals surface area contributed by atoms with Crippen LogP contribution in [0.4, 0.5) is 0 Å². The number of amides is 1. The Hall–Kier alpha value is -3.18. The highest BCUT2D eigenvalue weighted by molar-refractivity contribution is 6.33. The molecule has 2 aromatic carbocycles. The second-order valence-electron chi connectivity index (χ2n) is 7.19. The molecule has 0 spiro atoms. The number of nitrogens with zero attached hydrogens (tertiary/aromatic N) is 3. The Bertz CT molecular complexity index is 1210. The molecule has 5 nitrogen and oxygen atoms in total. The van der Waals surface area contributed by atoms with E-state index in [1.165, 1.54) is 11.1 Å². The molecular weight excluding hydrogens is 384 g/mol. The van der Waals surface area contributed by atoms with Crippen LogP contribution in [-0.2, 0) is 0 Å². The molecule has 0 saturated heterocycles. The lowest BCUT2D eigenvalue weighted by Gasteiger charge is -2.16. The molecule has 0 unspecified atom stereocenters. The second-order valence-corrected chi connectivity index (χ2v) is 7.59. The minimum atomic E-state index is -0.152. The minimum Gasteiger partial charge on any atom is -0.346 e. The minimum absolute atomic E-state index is 0.102. The molecule has 0 aliphatic heterocycles. The number of benzene rings is 2. The average molecular weight is 405 g/mol. The van der Waals surface area contributed by atoms with Gasteiger partial charge in [0.15, 0.2) is 11.5 Å². The summed E-state index contributed by atoms with van der Waals surface area (Å²) in [7, 11) is 0. The molecule has 0 aliphatic carbocycles. The maximum atomic E-state index is 12.8. The maximum absolute atomic E-state index is 12.8. The summed E-state index contributed by atoms with van der Waals surface area (Å²) in [5.74, 6) is 0.488.